The molecule has 0 unspecified atom stereocenters. The molecule has 0 atom stereocenters. The fraction of sp³-hybridized carbons (Fsp3) is 0.421. The minimum absolute atomic E-state index is 0.0194. The van der Waals surface area contributed by atoms with E-state index in [4.69, 9.17) is 4.74 Å². The van der Waals surface area contributed by atoms with Crippen LogP contribution in [0.15, 0.2) is 36.5 Å². The second kappa shape index (κ2) is 8.07. The molecule has 1 aliphatic rings. The summed E-state index contributed by atoms with van der Waals surface area (Å²) in [5.41, 5.74) is 1.54. The molecule has 1 aromatic heterocycles. The Morgan fingerprint density at radius 2 is 2.00 bits per heavy atom. The first-order valence-corrected chi connectivity index (χ1v) is 8.81. The maximum atomic E-state index is 12.4. The normalized spacial score (nSPS) is 20.2. The summed E-state index contributed by atoms with van der Waals surface area (Å²) in [5, 5.41) is 3.98. The number of pyridine rings is 1. The largest absolute Gasteiger partial charge is 0.466 e. The summed E-state index contributed by atoms with van der Waals surface area (Å²) in [4.78, 5) is 29.7. The standard InChI is InChI=1S/C19H23N3O3/c1-2-25-19(24)15-8-11-22(12-9-15)13-17(23)21-16-7-3-5-14-6-4-10-20-18(14)16/h3-7,10,15H,2,8-9,11-13H2,1H3,(H,21,23)/p+1. The number of anilines is 1. The van der Waals surface area contributed by atoms with Crippen LogP contribution in [0.2, 0.25) is 0 Å². The molecule has 25 heavy (non-hydrogen) atoms. The Morgan fingerprint density at radius 3 is 2.76 bits per heavy atom. The summed E-state index contributed by atoms with van der Waals surface area (Å²) in [6.45, 7) is 4.27. The third-order valence-electron chi connectivity index (χ3n) is 4.63. The number of nitrogens with zero attached hydrogens (tertiary/aromatic N) is 1. The van der Waals surface area contributed by atoms with E-state index in [0.717, 1.165) is 42.5 Å². The summed E-state index contributed by atoms with van der Waals surface area (Å²) >= 11 is 0. The molecule has 1 amide bonds. The lowest BCUT2D eigenvalue weighted by Gasteiger charge is -2.27. The molecule has 0 radical (unpaired) electrons. The van der Waals surface area contributed by atoms with Crippen molar-refractivity contribution in [3.8, 4) is 0 Å². The number of esters is 1. The van der Waals surface area contributed by atoms with E-state index in [1.165, 1.54) is 4.90 Å². The second-order valence-corrected chi connectivity index (χ2v) is 6.38. The van der Waals surface area contributed by atoms with Crippen LogP contribution in [0.5, 0.6) is 0 Å². The first-order valence-electron chi connectivity index (χ1n) is 8.81. The Balaban J connectivity index is 1.54. The molecule has 2 aromatic rings. The highest BCUT2D eigenvalue weighted by molar-refractivity contribution is 6.00. The van der Waals surface area contributed by atoms with Crippen molar-refractivity contribution in [2.24, 2.45) is 5.92 Å². The van der Waals surface area contributed by atoms with Crippen LogP contribution < -0.4 is 10.2 Å². The van der Waals surface area contributed by atoms with Crippen molar-refractivity contribution >= 4 is 28.5 Å². The number of rotatable bonds is 5. The number of carbonyl (C=O) groups is 2. The molecular formula is C19H24N3O3+. The van der Waals surface area contributed by atoms with Crippen molar-refractivity contribution in [2.75, 3.05) is 31.6 Å². The van der Waals surface area contributed by atoms with Gasteiger partial charge in [-0.2, -0.15) is 0 Å². The average molecular weight is 342 g/mol. The van der Waals surface area contributed by atoms with Gasteiger partial charge in [0.05, 0.1) is 36.8 Å². The van der Waals surface area contributed by atoms with Gasteiger partial charge in [-0.3, -0.25) is 14.6 Å². The van der Waals surface area contributed by atoms with E-state index in [1.54, 1.807) is 6.20 Å². The maximum absolute atomic E-state index is 12.4. The number of hydrogen-bond acceptors (Lipinski definition) is 4. The van der Waals surface area contributed by atoms with Crippen LogP contribution in [0.1, 0.15) is 19.8 Å². The van der Waals surface area contributed by atoms with E-state index in [9.17, 15) is 9.59 Å². The first-order chi connectivity index (χ1) is 12.2. The number of fused-ring (bicyclic) bond motifs is 1. The van der Waals surface area contributed by atoms with Crippen LogP contribution in [0, 0.1) is 5.92 Å². The van der Waals surface area contributed by atoms with E-state index < -0.39 is 0 Å². The van der Waals surface area contributed by atoms with Gasteiger partial charge in [-0.15, -0.1) is 0 Å². The predicted octanol–water partition coefficient (Wildman–Crippen LogP) is 1.03. The van der Waals surface area contributed by atoms with Gasteiger partial charge in [0, 0.05) is 24.4 Å². The van der Waals surface area contributed by atoms with Gasteiger partial charge in [-0.25, -0.2) is 0 Å². The number of quaternary nitrogens is 1. The lowest BCUT2D eigenvalue weighted by molar-refractivity contribution is -0.897. The molecular weight excluding hydrogens is 318 g/mol. The van der Waals surface area contributed by atoms with Gasteiger partial charge in [0.25, 0.3) is 5.91 Å². The fourth-order valence-electron chi connectivity index (χ4n) is 3.33. The fourth-order valence-corrected chi connectivity index (χ4v) is 3.33. The Morgan fingerprint density at radius 1 is 1.24 bits per heavy atom. The number of ether oxygens (including phenoxy) is 1. The minimum Gasteiger partial charge on any atom is -0.466 e. The number of amides is 1. The molecule has 132 valence electrons. The Hall–Kier alpha value is -2.47. The van der Waals surface area contributed by atoms with Gasteiger partial charge in [-0.1, -0.05) is 18.2 Å². The number of para-hydroxylation sites is 1. The predicted molar refractivity (Wildman–Crippen MR) is 95.3 cm³/mol. The number of carbonyl (C=O) groups excluding carboxylic acids is 2. The number of aromatic nitrogens is 1. The minimum atomic E-state index is -0.104. The third kappa shape index (κ3) is 4.33. The van der Waals surface area contributed by atoms with E-state index in [0.29, 0.717) is 13.2 Å². The summed E-state index contributed by atoms with van der Waals surface area (Å²) < 4.78 is 5.08. The second-order valence-electron chi connectivity index (χ2n) is 6.38. The first kappa shape index (κ1) is 17.4. The van der Waals surface area contributed by atoms with Gasteiger partial charge in [0.1, 0.15) is 0 Å². The quantitative estimate of drug-likeness (QED) is 0.796. The number of benzene rings is 1. The highest BCUT2D eigenvalue weighted by Gasteiger charge is 2.29. The van der Waals surface area contributed by atoms with E-state index in [2.05, 4.69) is 10.3 Å². The molecule has 0 aliphatic carbocycles. The number of likely N-dealkylation sites (tertiary alicyclic amines) is 1. The third-order valence-corrected chi connectivity index (χ3v) is 4.63. The molecule has 6 heteroatoms. The molecule has 1 aromatic carbocycles. The monoisotopic (exact) mass is 342 g/mol. The van der Waals surface area contributed by atoms with Crippen molar-refractivity contribution in [3.63, 3.8) is 0 Å². The number of piperidine rings is 1. The molecule has 1 fully saturated rings. The number of hydrogen-bond donors (Lipinski definition) is 2. The molecule has 0 bridgehead atoms. The molecule has 0 saturated carbocycles. The van der Waals surface area contributed by atoms with Crippen LogP contribution in [0.25, 0.3) is 10.9 Å². The zero-order valence-corrected chi connectivity index (χ0v) is 14.5. The SMILES string of the molecule is CCOC(=O)C1CC[NH+](CC(=O)Nc2cccc3cccnc23)CC1. The number of nitrogens with one attached hydrogen (secondary N) is 2. The lowest BCUT2D eigenvalue weighted by Crippen LogP contribution is -3.14. The van der Waals surface area contributed by atoms with Gasteiger partial charge in [0.2, 0.25) is 0 Å². The van der Waals surface area contributed by atoms with Gasteiger partial charge < -0.3 is 15.0 Å². The van der Waals surface area contributed by atoms with Gasteiger partial charge >= 0.3 is 5.97 Å². The molecule has 1 aliphatic heterocycles. The zero-order chi connectivity index (χ0) is 17.6. The summed E-state index contributed by atoms with van der Waals surface area (Å²) in [6, 6.07) is 9.62. The van der Waals surface area contributed by atoms with E-state index >= 15 is 0 Å². The van der Waals surface area contributed by atoms with E-state index in [1.807, 2.05) is 37.3 Å². The van der Waals surface area contributed by atoms with Crippen molar-refractivity contribution in [2.45, 2.75) is 19.8 Å². The Labute approximate surface area is 147 Å². The zero-order valence-electron chi connectivity index (χ0n) is 14.5. The maximum Gasteiger partial charge on any atom is 0.309 e. The summed E-state index contributed by atoms with van der Waals surface area (Å²) in [6.07, 6.45) is 3.28. The van der Waals surface area contributed by atoms with Crippen LogP contribution in [0.3, 0.4) is 0 Å². The van der Waals surface area contributed by atoms with Crippen LogP contribution in [-0.4, -0.2) is 43.1 Å². The lowest BCUT2D eigenvalue weighted by atomic mass is 9.97. The summed E-state index contributed by atoms with van der Waals surface area (Å²) in [7, 11) is 0. The van der Waals surface area contributed by atoms with Crippen LogP contribution in [0.4, 0.5) is 5.69 Å². The molecule has 2 heterocycles. The Kier molecular flexibility index (Phi) is 5.60. The molecule has 6 nitrogen and oxygen atoms in total. The topological polar surface area (TPSA) is 72.7 Å². The highest BCUT2D eigenvalue weighted by atomic mass is 16.5. The molecule has 0 spiro atoms. The summed E-state index contributed by atoms with van der Waals surface area (Å²) in [5.74, 6) is -0.149. The smallest absolute Gasteiger partial charge is 0.309 e. The average Bonchev–Trinajstić information content (AvgIpc) is 2.63. The van der Waals surface area contributed by atoms with Crippen LogP contribution in [-0.2, 0) is 14.3 Å². The Bertz CT molecular complexity index is 749. The van der Waals surface area contributed by atoms with Crippen LogP contribution >= 0.6 is 0 Å². The van der Waals surface area contributed by atoms with Crippen molar-refractivity contribution in [1.29, 1.82) is 0 Å². The highest BCUT2D eigenvalue weighted by Crippen LogP contribution is 2.20. The van der Waals surface area contributed by atoms with E-state index in [-0.39, 0.29) is 17.8 Å². The molecule has 3 rings (SSSR count). The van der Waals surface area contributed by atoms with Crippen molar-refractivity contribution < 1.29 is 19.2 Å². The van der Waals surface area contributed by atoms with Gasteiger partial charge in [0.15, 0.2) is 6.54 Å². The van der Waals surface area contributed by atoms with Crippen molar-refractivity contribution in [3.05, 3.63) is 36.5 Å². The molecule has 1 saturated heterocycles. The van der Waals surface area contributed by atoms with Crippen molar-refractivity contribution in [1.82, 2.24) is 4.98 Å². The van der Waals surface area contributed by atoms with Gasteiger partial charge in [-0.05, 0) is 19.1 Å². The molecule has 2 N–H and O–H groups in total.